The van der Waals surface area contributed by atoms with Crippen molar-refractivity contribution >= 4 is 23.5 Å². The average molecular weight is 431 g/mol. The van der Waals surface area contributed by atoms with Crippen molar-refractivity contribution in [1.29, 1.82) is 0 Å². The Morgan fingerprint density at radius 3 is 2.34 bits per heavy atom. The topological polar surface area (TPSA) is 74.1 Å². The van der Waals surface area contributed by atoms with Gasteiger partial charge in [-0.3, -0.25) is 19.4 Å². The van der Waals surface area contributed by atoms with Gasteiger partial charge in [-0.05, 0) is 43.7 Å². The maximum atomic E-state index is 13.2. The molecular weight excluding hydrogens is 406 g/mol. The van der Waals surface area contributed by atoms with Crippen molar-refractivity contribution in [2.24, 2.45) is 0 Å². The molecule has 4 amide bonds. The maximum Gasteiger partial charge on any atom is 0.332 e. The minimum atomic E-state index is -0.675. The molecule has 3 aromatic rings. The van der Waals surface area contributed by atoms with Crippen LogP contribution in [0.4, 0.5) is 10.5 Å². The summed E-state index contributed by atoms with van der Waals surface area (Å²) in [6.45, 7) is 3.89. The first-order valence-electron chi connectivity index (χ1n) is 10.5. The Bertz CT molecular complexity index is 1090. The van der Waals surface area contributed by atoms with Gasteiger partial charge in [-0.1, -0.05) is 48.0 Å². The molecule has 32 heavy (non-hydrogen) atoms. The standard InChI is InChI=1S/C25H25N3O4/c1-18-10-12-21(13-11-18)28-19(2)24(30)27(25(28)31)17-23(29)26(16-22-9-6-14-32-22)15-20-7-4-3-5-8-20/h3-14,19H,15-17H2,1-2H3/t19-/m1/s1. The Morgan fingerprint density at radius 2 is 1.69 bits per heavy atom. The normalized spacial score (nSPS) is 16.0. The second-order valence-electron chi connectivity index (χ2n) is 7.90. The van der Waals surface area contributed by atoms with E-state index in [1.165, 1.54) is 4.90 Å². The summed E-state index contributed by atoms with van der Waals surface area (Å²) in [7, 11) is 0. The second kappa shape index (κ2) is 9.09. The van der Waals surface area contributed by atoms with Gasteiger partial charge in [-0.25, -0.2) is 4.79 Å². The summed E-state index contributed by atoms with van der Waals surface area (Å²) < 4.78 is 5.42. The first kappa shape index (κ1) is 21.4. The van der Waals surface area contributed by atoms with Gasteiger partial charge in [-0.15, -0.1) is 0 Å². The van der Waals surface area contributed by atoms with Gasteiger partial charge in [-0.2, -0.15) is 0 Å². The number of carbonyl (C=O) groups is 3. The van der Waals surface area contributed by atoms with Crippen molar-refractivity contribution in [3.8, 4) is 0 Å². The van der Waals surface area contributed by atoms with Gasteiger partial charge in [0.15, 0.2) is 0 Å². The molecular formula is C25H25N3O4. The van der Waals surface area contributed by atoms with Crippen molar-refractivity contribution in [2.45, 2.75) is 33.0 Å². The fourth-order valence-electron chi connectivity index (χ4n) is 3.77. The maximum absolute atomic E-state index is 13.2. The van der Waals surface area contributed by atoms with Gasteiger partial charge in [0.2, 0.25) is 5.91 Å². The van der Waals surface area contributed by atoms with Crippen LogP contribution in [-0.4, -0.2) is 40.2 Å². The highest BCUT2D eigenvalue weighted by Gasteiger charge is 2.44. The summed E-state index contributed by atoms with van der Waals surface area (Å²) in [5.74, 6) is -0.0884. The van der Waals surface area contributed by atoms with Gasteiger partial charge in [0.05, 0.1) is 12.8 Å². The van der Waals surface area contributed by atoms with Crippen molar-refractivity contribution in [3.05, 3.63) is 89.9 Å². The largest absolute Gasteiger partial charge is 0.467 e. The second-order valence-corrected chi connectivity index (χ2v) is 7.90. The van der Waals surface area contributed by atoms with E-state index < -0.39 is 12.1 Å². The number of imide groups is 1. The highest BCUT2D eigenvalue weighted by Crippen LogP contribution is 2.26. The molecule has 1 atom stereocenters. The molecule has 0 saturated carbocycles. The zero-order chi connectivity index (χ0) is 22.7. The summed E-state index contributed by atoms with van der Waals surface area (Å²) in [5, 5.41) is 0. The number of hydrogen-bond acceptors (Lipinski definition) is 4. The van der Waals surface area contributed by atoms with Crippen molar-refractivity contribution in [3.63, 3.8) is 0 Å². The van der Waals surface area contributed by atoms with Gasteiger partial charge < -0.3 is 9.32 Å². The molecule has 1 fully saturated rings. The lowest BCUT2D eigenvalue weighted by molar-refractivity contribution is -0.138. The molecule has 1 aliphatic rings. The zero-order valence-electron chi connectivity index (χ0n) is 18.1. The van der Waals surface area contributed by atoms with Gasteiger partial charge in [0, 0.05) is 12.2 Å². The van der Waals surface area contributed by atoms with Crippen LogP contribution in [0.5, 0.6) is 0 Å². The summed E-state index contributed by atoms with van der Waals surface area (Å²) in [5.41, 5.74) is 2.63. The van der Waals surface area contributed by atoms with Crippen LogP contribution in [0.3, 0.4) is 0 Å². The molecule has 1 saturated heterocycles. The van der Waals surface area contributed by atoms with Crippen LogP contribution in [-0.2, 0) is 22.7 Å². The van der Waals surface area contributed by atoms with E-state index >= 15 is 0 Å². The molecule has 7 heteroatoms. The number of rotatable bonds is 7. The third kappa shape index (κ3) is 4.42. The molecule has 1 aromatic heterocycles. The van der Waals surface area contributed by atoms with Crippen LogP contribution < -0.4 is 4.90 Å². The SMILES string of the molecule is Cc1ccc(N2C(=O)N(CC(=O)N(Cc3ccccc3)Cc3ccco3)C(=O)[C@H]2C)cc1. The minimum absolute atomic E-state index is 0.244. The quantitative estimate of drug-likeness (QED) is 0.531. The molecule has 2 aromatic carbocycles. The van der Waals surface area contributed by atoms with E-state index in [4.69, 9.17) is 4.42 Å². The van der Waals surface area contributed by atoms with Crippen LogP contribution >= 0.6 is 0 Å². The van der Waals surface area contributed by atoms with E-state index in [0.29, 0.717) is 18.0 Å². The van der Waals surface area contributed by atoms with E-state index in [1.54, 1.807) is 42.4 Å². The van der Waals surface area contributed by atoms with Crippen LogP contribution in [0, 0.1) is 6.92 Å². The average Bonchev–Trinajstić information content (AvgIpc) is 3.38. The number of hydrogen-bond donors (Lipinski definition) is 0. The number of anilines is 1. The lowest BCUT2D eigenvalue weighted by atomic mass is 10.2. The third-order valence-electron chi connectivity index (χ3n) is 5.55. The number of benzene rings is 2. The van der Waals surface area contributed by atoms with Crippen LogP contribution in [0.25, 0.3) is 0 Å². The predicted octanol–water partition coefficient (Wildman–Crippen LogP) is 3.97. The summed E-state index contributed by atoms with van der Waals surface area (Å²) >= 11 is 0. The van der Waals surface area contributed by atoms with Crippen LogP contribution in [0.15, 0.2) is 77.4 Å². The van der Waals surface area contributed by atoms with E-state index in [-0.39, 0.29) is 24.9 Å². The lowest BCUT2D eigenvalue weighted by Crippen LogP contribution is -2.43. The van der Waals surface area contributed by atoms with E-state index in [2.05, 4.69) is 0 Å². The Kier molecular flexibility index (Phi) is 6.07. The molecule has 0 aliphatic carbocycles. The fraction of sp³-hybridized carbons (Fsp3) is 0.240. The highest BCUT2D eigenvalue weighted by molar-refractivity contribution is 6.15. The fourth-order valence-corrected chi connectivity index (χ4v) is 3.77. The number of carbonyl (C=O) groups excluding carboxylic acids is 3. The van der Waals surface area contributed by atoms with Crippen LogP contribution in [0.2, 0.25) is 0 Å². The van der Waals surface area contributed by atoms with Gasteiger partial charge >= 0.3 is 6.03 Å². The Balaban J connectivity index is 1.53. The molecule has 0 bridgehead atoms. The number of amides is 4. The summed E-state index contributed by atoms with van der Waals surface area (Å²) in [4.78, 5) is 43.3. The van der Waals surface area contributed by atoms with E-state index in [0.717, 1.165) is 16.0 Å². The smallest absolute Gasteiger partial charge is 0.332 e. The van der Waals surface area contributed by atoms with Crippen molar-refractivity contribution in [2.75, 3.05) is 11.4 Å². The number of furan rings is 1. The molecule has 0 unspecified atom stereocenters. The Hall–Kier alpha value is -3.87. The highest BCUT2D eigenvalue weighted by atomic mass is 16.3. The van der Waals surface area contributed by atoms with Gasteiger partial charge in [0.1, 0.15) is 18.3 Å². The van der Waals surface area contributed by atoms with Gasteiger partial charge in [0.25, 0.3) is 5.91 Å². The number of aryl methyl sites for hydroxylation is 1. The molecule has 0 N–H and O–H groups in total. The van der Waals surface area contributed by atoms with Crippen molar-refractivity contribution in [1.82, 2.24) is 9.80 Å². The monoisotopic (exact) mass is 431 g/mol. The van der Waals surface area contributed by atoms with E-state index in [9.17, 15) is 14.4 Å². The molecule has 7 nitrogen and oxygen atoms in total. The van der Waals surface area contributed by atoms with E-state index in [1.807, 2.05) is 49.4 Å². The first-order chi connectivity index (χ1) is 15.4. The molecule has 1 aliphatic heterocycles. The Labute approximate surface area is 186 Å². The lowest BCUT2D eigenvalue weighted by Gasteiger charge is -2.24. The molecule has 0 radical (unpaired) electrons. The third-order valence-corrected chi connectivity index (χ3v) is 5.55. The summed E-state index contributed by atoms with van der Waals surface area (Å²) in [6, 6.07) is 19.3. The minimum Gasteiger partial charge on any atom is -0.467 e. The molecule has 0 spiro atoms. The predicted molar refractivity (Wildman–Crippen MR) is 120 cm³/mol. The summed E-state index contributed by atoms with van der Waals surface area (Å²) in [6.07, 6.45) is 1.55. The number of nitrogens with zero attached hydrogens (tertiary/aromatic N) is 3. The molecule has 4 rings (SSSR count). The first-order valence-corrected chi connectivity index (χ1v) is 10.5. The van der Waals surface area contributed by atoms with Crippen LogP contribution in [0.1, 0.15) is 23.8 Å². The van der Waals surface area contributed by atoms with Crippen molar-refractivity contribution < 1.29 is 18.8 Å². The Morgan fingerprint density at radius 1 is 0.969 bits per heavy atom. The molecule has 2 heterocycles. The molecule has 164 valence electrons. The number of urea groups is 1. The zero-order valence-corrected chi connectivity index (χ0v) is 18.1.